The Kier molecular flexibility index (Phi) is 11.3. The second kappa shape index (κ2) is 12.1. The van der Waals surface area contributed by atoms with E-state index in [1.807, 2.05) is 7.05 Å². The van der Waals surface area contributed by atoms with E-state index in [0.29, 0.717) is 36.8 Å². The summed E-state index contributed by atoms with van der Waals surface area (Å²) < 4.78 is 15.8. The van der Waals surface area contributed by atoms with Crippen LogP contribution in [-0.2, 0) is 9.53 Å². The molecule has 2 N–H and O–H groups in total. The van der Waals surface area contributed by atoms with Crippen LogP contribution in [0.2, 0.25) is 0 Å². The Balaban J connectivity index is 0.00000441. The summed E-state index contributed by atoms with van der Waals surface area (Å²) in [6.45, 7) is 1.73. The number of rotatable bonds is 10. The van der Waals surface area contributed by atoms with E-state index in [-0.39, 0.29) is 18.3 Å². The van der Waals surface area contributed by atoms with Crippen LogP contribution >= 0.6 is 12.4 Å². The third kappa shape index (κ3) is 7.49. The average molecular weight is 333 g/mol. The van der Waals surface area contributed by atoms with Crippen LogP contribution in [0.4, 0.5) is 5.69 Å². The van der Waals surface area contributed by atoms with E-state index < -0.39 is 0 Å². The van der Waals surface area contributed by atoms with Crippen molar-refractivity contribution in [3.63, 3.8) is 0 Å². The van der Waals surface area contributed by atoms with Crippen LogP contribution in [-0.4, -0.2) is 46.9 Å². The summed E-state index contributed by atoms with van der Waals surface area (Å²) in [5, 5.41) is 5.86. The molecular weight excluding hydrogens is 308 g/mol. The topological polar surface area (TPSA) is 68.8 Å². The van der Waals surface area contributed by atoms with Crippen molar-refractivity contribution in [3.05, 3.63) is 18.2 Å². The van der Waals surface area contributed by atoms with Crippen LogP contribution in [0.25, 0.3) is 0 Å². The quantitative estimate of drug-likeness (QED) is 0.642. The van der Waals surface area contributed by atoms with E-state index >= 15 is 0 Å². The monoisotopic (exact) mass is 332 g/mol. The van der Waals surface area contributed by atoms with Gasteiger partial charge in [0.05, 0.1) is 13.7 Å². The van der Waals surface area contributed by atoms with Crippen LogP contribution in [0.5, 0.6) is 11.5 Å². The second-order valence-corrected chi connectivity index (χ2v) is 4.46. The third-order valence-electron chi connectivity index (χ3n) is 2.82. The summed E-state index contributed by atoms with van der Waals surface area (Å²) in [6, 6.07) is 5.31. The first-order chi connectivity index (χ1) is 10.2. The predicted molar refractivity (Wildman–Crippen MR) is 89.4 cm³/mol. The van der Waals surface area contributed by atoms with Crippen molar-refractivity contribution in [2.45, 2.75) is 12.8 Å². The minimum atomic E-state index is -0.0155. The fourth-order valence-electron chi connectivity index (χ4n) is 1.75. The van der Waals surface area contributed by atoms with Crippen molar-refractivity contribution >= 4 is 24.0 Å². The molecule has 0 aliphatic carbocycles. The molecule has 0 aromatic heterocycles. The van der Waals surface area contributed by atoms with Crippen molar-refractivity contribution < 1.29 is 19.0 Å². The first-order valence-corrected chi connectivity index (χ1v) is 6.95. The van der Waals surface area contributed by atoms with E-state index in [4.69, 9.17) is 14.2 Å². The fraction of sp³-hybridized carbons (Fsp3) is 0.533. The zero-order valence-corrected chi connectivity index (χ0v) is 14.1. The molecule has 1 rings (SSSR count). The Hall–Kier alpha value is -1.50. The number of anilines is 1. The molecule has 0 saturated carbocycles. The molecule has 0 atom stereocenters. The minimum absolute atomic E-state index is 0. The number of ether oxygens (including phenoxy) is 3. The Labute approximate surface area is 137 Å². The Morgan fingerprint density at radius 1 is 1.18 bits per heavy atom. The van der Waals surface area contributed by atoms with Gasteiger partial charge >= 0.3 is 0 Å². The van der Waals surface area contributed by atoms with Crippen LogP contribution in [0.3, 0.4) is 0 Å². The highest BCUT2D eigenvalue weighted by atomic mass is 35.5. The van der Waals surface area contributed by atoms with Gasteiger partial charge < -0.3 is 24.8 Å². The number of halogens is 1. The van der Waals surface area contributed by atoms with Gasteiger partial charge in [0.25, 0.3) is 0 Å². The number of methoxy groups -OCH3 is 2. The number of hydrogen-bond acceptors (Lipinski definition) is 5. The molecule has 0 aliphatic rings. The number of amides is 1. The standard InChI is InChI=1S/C15H24N2O4.ClH/c1-16-8-4-5-15(18)17-12-6-7-13(20-3)14(11-12)21-10-9-19-2;/h6-7,11,16H,4-5,8-10H2,1-3H3,(H,17,18);1H. The maximum atomic E-state index is 11.8. The highest BCUT2D eigenvalue weighted by Crippen LogP contribution is 2.30. The maximum Gasteiger partial charge on any atom is 0.224 e. The Morgan fingerprint density at radius 3 is 2.59 bits per heavy atom. The highest BCUT2D eigenvalue weighted by Gasteiger charge is 2.08. The number of carbonyl (C=O) groups excluding carboxylic acids is 1. The van der Waals surface area contributed by atoms with Gasteiger partial charge in [0.15, 0.2) is 11.5 Å². The smallest absolute Gasteiger partial charge is 0.224 e. The van der Waals surface area contributed by atoms with Crippen LogP contribution in [0.1, 0.15) is 12.8 Å². The molecule has 0 heterocycles. The predicted octanol–water partition coefficient (Wildman–Crippen LogP) is 2.08. The van der Waals surface area contributed by atoms with Gasteiger partial charge in [0, 0.05) is 25.3 Å². The van der Waals surface area contributed by atoms with E-state index in [1.54, 1.807) is 32.4 Å². The molecule has 126 valence electrons. The molecule has 6 nitrogen and oxygen atoms in total. The van der Waals surface area contributed by atoms with Gasteiger partial charge in [-0.3, -0.25) is 4.79 Å². The summed E-state index contributed by atoms with van der Waals surface area (Å²) in [6.07, 6.45) is 1.28. The zero-order valence-electron chi connectivity index (χ0n) is 13.3. The molecule has 0 bridgehead atoms. The maximum absolute atomic E-state index is 11.8. The molecule has 0 unspecified atom stereocenters. The fourth-order valence-corrected chi connectivity index (χ4v) is 1.75. The Morgan fingerprint density at radius 2 is 1.95 bits per heavy atom. The molecule has 0 saturated heterocycles. The van der Waals surface area contributed by atoms with Crippen molar-refractivity contribution in [2.24, 2.45) is 0 Å². The minimum Gasteiger partial charge on any atom is -0.493 e. The molecule has 1 aromatic carbocycles. The number of hydrogen-bond donors (Lipinski definition) is 2. The molecule has 0 radical (unpaired) electrons. The molecule has 0 fully saturated rings. The van der Waals surface area contributed by atoms with Gasteiger partial charge in [0.2, 0.25) is 5.91 Å². The molecule has 0 spiro atoms. The van der Waals surface area contributed by atoms with Crippen LogP contribution < -0.4 is 20.1 Å². The summed E-state index contributed by atoms with van der Waals surface area (Å²) in [4.78, 5) is 11.8. The van der Waals surface area contributed by atoms with Crippen molar-refractivity contribution in [2.75, 3.05) is 46.3 Å². The number of carbonyl (C=O) groups is 1. The molecule has 1 aromatic rings. The van der Waals surface area contributed by atoms with E-state index in [0.717, 1.165) is 13.0 Å². The van der Waals surface area contributed by atoms with Gasteiger partial charge in [-0.05, 0) is 32.1 Å². The lowest BCUT2D eigenvalue weighted by atomic mass is 10.2. The lowest BCUT2D eigenvalue weighted by molar-refractivity contribution is -0.116. The first kappa shape index (κ1) is 20.5. The lowest BCUT2D eigenvalue weighted by Crippen LogP contribution is -2.15. The molecule has 22 heavy (non-hydrogen) atoms. The van der Waals surface area contributed by atoms with Crippen molar-refractivity contribution in [1.82, 2.24) is 5.32 Å². The average Bonchev–Trinajstić information content (AvgIpc) is 2.48. The van der Waals surface area contributed by atoms with Crippen molar-refractivity contribution in [1.29, 1.82) is 0 Å². The molecule has 0 aliphatic heterocycles. The number of benzene rings is 1. The summed E-state index contributed by atoms with van der Waals surface area (Å²) in [7, 11) is 5.06. The van der Waals surface area contributed by atoms with Gasteiger partial charge in [-0.15, -0.1) is 12.4 Å². The summed E-state index contributed by atoms with van der Waals surface area (Å²) in [5.41, 5.74) is 0.692. The largest absolute Gasteiger partial charge is 0.493 e. The second-order valence-electron chi connectivity index (χ2n) is 4.46. The molecular formula is C15H25ClN2O4. The molecule has 1 amide bonds. The third-order valence-corrected chi connectivity index (χ3v) is 2.82. The van der Waals surface area contributed by atoms with Crippen LogP contribution in [0.15, 0.2) is 18.2 Å². The highest BCUT2D eigenvalue weighted by molar-refractivity contribution is 5.91. The summed E-state index contributed by atoms with van der Waals surface area (Å²) in [5.74, 6) is 1.19. The normalized spacial score (nSPS) is 9.77. The van der Waals surface area contributed by atoms with E-state index in [2.05, 4.69) is 10.6 Å². The number of nitrogens with one attached hydrogen (secondary N) is 2. The van der Waals surface area contributed by atoms with Crippen LogP contribution in [0, 0.1) is 0 Å². The van der Waals surface area contributed by atoms with E-state index in [1.165, 1.54) is 0 Å². The van der Waals surface area contributed by atoms with Gasteiger partial charge in [-0.1, -0.05) is 0 Å². The van der Waals surface area contributed by atoms with Gasteiger partial charge in [-0.25, -0.2) is 0 Å². The zero-order chi connectivity index (χ0) is 15.5. The summed E-state index contributed by atoms with van der Waals surface area (Å²) >= 11 is 0. The lowest BCUT2D eigenvalue weighted by Gasteiger charge is -2.12. The molecule has 7 heteroatoms. The SMILES string of the molecule is CNCCCC(=O)Nc1ccc(OC)c(OCCOC)c1.Cl. The van der Waals surface area contributed by atoms with Gasteiger partial charge in [-0.2, -0.15) is 0 Å². The van der Waals surface area contributed by atoms with Gasteiger partial charge in [0.1, 0.15) is 6.61 Å². The van der Waals surface area contributed by atoms with Crippen molar-refractivity contribution in [3.8, 4) is 11.5 Å². The van der Waals surface area contributed by atoms with E-state index in [9.17, 15) is 4.79 Å². The Bertz CT molecular complexity index is 444. The first-order valence-electron chi connectivity index (χ1n) is 6.95.